The molecule has 20 heavy (non-hydrogen) atoms. The van der Waals surface area contributed by atoms with Gasteiger partial charge in [0.2, 0.25) is 5.89 Å². The van der Waals surface area contributed by atoms with Crippen molar-refractivity contribution in [1.82, 2.24) is 15.0 Å². The van der Waals surface area contributed by atoms with E-state index in [0.717, 1.165) is 25.1 Å². The van der Waals surface area contributed by atoms with Crippen LogP contribution in [0.1, 0.15) is 31.5 Å². The van der Waals surface area contributed by atoms with Crippen LogP contribution in [0.5, 0.6) is 0 Å². The molecule has 2 heterocycles. The van der Waals surface area contributed by atoms with Gasteiger partial charge in [-0.25, -0.2) is 0 Å². The van der Waals surface area contributed by atoms with E-state index in [9.17, 15) is 4.79 Å². The summed E-state index contributed by atoms with van der Waals surface area (Å²) in [5.74, 6) is 0.965. The summed E-state index contributed by atoms with van der Waals surface area (Å²) in [6.45, 7) is 4.14. The van der Waals surface area contributed by atoms with E-state index in [4.69, 9.17) is 14.0 Å². The first-order chi connectivity index (χ1) is 9.74. The maximum atomic E-state index is 11.7. The average Bonchev–Trinajstić information content (AvgIpc) is 2.92. The topological polar surface area (TPSA) is 77.7 Å². The summed E-state index contributed by atoms with van der Waals surface area (Å²) in [6, 6.07) is -0.403. The van der Waals surface area contributed by atoms with Crippen molar-refractivity contribution in [3.05, 3.63) is 11.7 Å². The first-order valence-electron chi connectivity index (χ1n) is 6.95. The lowest BCUT2D eigenvalue weighted by molar-refractivity contribution is -0.153. The molecule has 0 amide bonds. The maximum absolute atomic E-state index is 11.7. The number of methoxy groups -OCH3 is 1. The summed E-state index contributed by atoms with van der Waals surface area (Å²) in [7, 11) is 1.38. The zero-order valence-corrected chi connectivity index (χ0v) is 12.0. The molecule has 0 aliphatic carbocycles. The molecule has 7 nitrogen and oxygen atoms in total. The summed E-state index contributed by atoms with van der Waals surface area (Å²) in [5, 5.41) is 3.95. The van der Waals surface area contributed by atoms with Gasteiger partial charge in [-0.2, -0.15) is 4.98 Å². The molecule has 1 fully saturated rings. The molecule has 1 aliphatic heterocycles. The fraction of sp³-hybridized carbons (Fsp3) is 0.769. The van der Waals surface area contributed by atoms with E-state index in [0.29, 0.717) is 32.2 Å². The van der Waals surface area contributed by atoms with Gasteiger partial charge in [-0.15, -0.1) is 0 Å². The largest absolute Gasteiger partial charge is 0.468 e. The molecule has 1 unspecified atom stereocenters. The Labute approximate surface area is 118 Å². The molecular weight excluding hydrogens is 262 g/mol. The van der Waals surface area contributed by atoms with Crippen LogP contribution in [-0.4, -0.2) is 53.9 Å². The van der Waals surface area contributed by atoms with E-state index in [1.54, 1.807) is 0 Å². The summed E-state index contributed by atoms with van der Waals surface area (Å²) in [6.07, 6.45) is 2.96. The van der Waals surface area contributed by atoms with Crippen LogP contribution in [0.15, 0.2) is 4.52 Å². The van der Waals surface area contributed by atoms with Crippen molar-refractivity contribution in [3.8, 4) is 0 Å². The molecule has 1 aliphatic rings. The predicted molar refractivity (Wildman–Crippen MR) is 69.9 cm³/mol. The monoisotopic (exact) mass is 283 g/mol. The van der Waals surface area contributed by atoms with E-state index in [2.05, 4.69) is 17.1 Å². The van der Waals surface area contributed by atoms with Gasteiger partial charge < -0.3 is 14.0 Å². The molecule has 1 aromatic rings. The van der Waals surface area contributed by atoms with Gasteiger partial charge in [0.1, 0.15) is 6.04 Å². The smallest absolute Gasteiger partial charge is 0.325 e. The van der Waals surface area contributed by atoms with Crippen LogP contribution in [0.4, 0.5) is 0 Å². The molecule has 0 N–H and O–H groups in total. The zero-order valence-electron chi connectivity index (χ0n) is 12.0. The standard InChI is InChI=1S/C13H21N3O4/c1-3-4-5-11-14-12(20-15-11)8-16-6-7-19-9-10(16)13(17)18-2/h10H,3-9H2,1-2H3. The minimum Gasteiger partial charge on any atom is -0.468 e. The molecular formula is C13H21N3O4. The second-order valence-corrected chi connectivity index (χ2v) is 4.79. The zero-order chi connectivity index (χ0) is 14.4. The maximum Gasteiger partial charge on any atom is 0.325 e. The summed E-state index contributed by atoms with van der Waals surface area (Å²) in [4.78, 5) is 18.0. The lowest BCUT2D eigenvalue weighted by Crippen LogP contribution is -2.49. The Balaban J connectivity index is 1.96. The van der Waals surface area contributed by atoms with Gasteiger partial charge in [-0.3, -0.25) is 9.69 Å². The highest BCUT2D eigenvalue weighted by Gasteiger charge is 2.31. The van der Waals surface area contributed by atoms with Crippen LogP contribution >= 0.6 is 0 Å². The quantitative estimate of drug-likeness (QED) is 0.714. The van der Waals surface area contributed by atoms with Crippen molar-refractivity contribution < 1.29 is 18.8 Å². The van der Waals surface area contributed by atoms with Crippen molar-refractivity contribution in [3.63, 3.8) is 0 Å². The van der Waals surface area contributed by atoms with Gasteiger partial charge in [0.25, 0.3) is 0 Å². The number of esters is 1. The van der Waals surface area contributed by atoms with Crippen molar-refractivity contribution in [2.75, 3.05) is 26.9 Å². The van der Waals surface area contributed by atoms with Gasteiger partial charge in [0.15, 0.2) is 5.82 Å². The van der Waals surface area contributed by atoms with Crippen molar-refractivity contribution in [2.45, 2.75) is 38.8 Å². The van der Waals surface area contributed by atoms with Gasteiger partial charge >= 0.3 is 5.97 Å². The average molecular weight is 283 g/mol. The number of nitrogens with zero attached hydrogens (tertiary/aromatic N) is 3. The second kappa shape index (κ2) is 7.35. The van der Waals surface area contributed by atoms with Crippen LogP contribution in [0.2, 0.25) is 0 Å². The Morgan fingerprint density at radius 3 is 3.15 bits per heavy atom. The first-order valence-corrected chi connectivity index (χ1v) is 6.95. The van der Waals surface area contributed by atoms with E-state index >= 15 is 0 Å². The van der Waals surface area contributed by atoms with Gasteiger partial charge in [-0.1, -0.05) is 18.5 Å². The van der Waals surface area contributed by atoms with Crippen molar-refractivity contribution in [2.24, 2.45) is 0 Å². The second-order valence-electron chi connectivity index (χ2n) is 4.79. The number of aromatic nitrogens is 2. The molecule has 0 saturated carbocycles. The van der Waals surface area contributed by atoms with E-state index in [1.165, 1.54) is 7.11 Å². The lowest BCUT2D eigenvalue weighted by atomic mass is 10.2. The Morgan fingerprint density at radius 1 is 1.55 bits per heavy atom. The summed E-state index contributed by atoms with van der Waals surface area (Å²) < 4.78 is 15.3. The number of carbonyl (C=O) groups excluding carboxylic acids is 1. The fourth-order valence-electron chi connectivity index (χ4n) is 2.14. The van der Waals surface area contributed by atoms with Crippen LogP contribution < -0.4 is 0 Å². The minimum atomic E-state index is -0.403. The number of hydrogen-bond acceptors (Lipinski definition) is 7. The third-order valence-electron chi connectivity index (χ3n) is 3.32. The molecule has 0 aromatic carbocycles. The fourth-order valence-corrected chi connectivity index (χ4v) is 2.14. The molecule has 0 radical (unpaired) electrons. The van der Waals surface area contributed by atoms with Crippen LogP contribution in [0.3, 0.4) is 0 Å². The Kier molecular flexibility index (Phi) is 5.49. The Bertz CT molecular complexity index is 435. The number of unbranched alkanes of at least 4 members (excludes halogenated alkanes) is 1. The number of ether oxygens (including phenoxy) is 2. The van der Waals surface area contributed by atoms with E-state index in [1.807, 2.05) is 4.90 Å². The summed E-state index contributed by atoms with van der Waals surface area (Å²) >= 11 is 0. The normalized spacial score (nSPS) is 20.0. The summed E-state index contributed by atoms with van der Waals surface area (Å²) in [5.41, 5.74) is 0. The van der Waals surface area contributed by atoms with E-state index < -0.39 is 6.04 Å². The first kappa shape index (κ1) is 14.9. The van der Waals surface area contributed by atoms with Crippen molar-refractivity contribution in [1.29, 1.82) is 0 Å². The molecule has 1 atom stereocenters. The highest BCUT2D eigenvalue weighted by atomic mass is 16.5. The molecule has 112 valence electrons. The molecule has 2 rings (SSSR count). The minimum absolute atomic E-state index is 0.296. The number of rotatable bonds is 6. The number of carbonyl (C=O) groups is 1. The molecule has 7 heteroatoms. The third-order valence-corrected chi connectivity index (χ3v) is 3.32. The number of morpholine rings is 1. The van der Waals surface area contributed by atoms with Crippen LogP contribution in [0.25, 0.3) is 0 Å². The number of hydrogen-bond donors (Lipinski definition) is 0. The molecule has 0 bridgehead atoms. The Hall–Kier alpha value is -1.47. The van der Waals surface area contributed by atoms with Gasteiger partial charge in [-0.05, 0) is 6.42 Å². The SMILES string of the molecule is CCCCc1noc(CN2CCOCC2C(=O)OC)n1. The van der Waals surface area contributed by atoms with Crippen LogP contribution in [-0.2, 0) is 27.2 Å². The molecule has 0 spiro atoms. The highest BCUT2D eigenvalue weighted by molar-refractivity contribution is 5.75. The van der Waals surface area contributed by atoms with Crippen LogP contribution in [0, 0.1) is 0 Å². The van der Waals surface area contributed by atoms with Crippen molar-refractivity contribution >= 4 is 5.97 Å². The third kappa shape index (κ3) is 3.77. The molecule has 1 aromatic heterocycles. The predicted octanol–water partition coefficient (Wildman–Crippen LogP) is 0.786. The highest BCUT2D eigenvalue weighted by Crippen LogP contribution is 2.13. The van der Waals surface area contributed by atoms with E-state index in [-0.39, 0.29) is 5.97 Å². The van der Waals surface area contributed by atoms with Gasteiger partial charge in [0, 0.05) is 13.0 Å². The molecule has 1 saturated heterocycles. The van der Waals surface area contributed by atoms with Gasteiger partial charge in [0.05, 0.1) is 26.9 Å². The Morgan fingerprint density at radius 2 is 2.40 bits per heavy atom. The number of aryl methyl sites for hydroxylation is 1. The lowest BCUT2D eigenvalue weighted by Gasteiger charge is -2.32.